The number of allylic oxidation sites excluding steroid dienone is 6. The molecule has 0 aromatic carbocycles. The number of hydrogen-bond acceptors (Lipinski definition) is 6. The second-order valence-electron chi connectivity index (χ2n) is 8.28. The third-order valence-corrected chi connectivity index (χ3v) is 4.45. The van der Waals surface area contributed by atoms with Crippen LogP contribution < -0.4 is 10.1 Å². The Labute approximate surface area is 201 Å². The lowest BCUT2D eigenvalue weighted by Gasteiger charge is -2.22. The van der Waals surface area contributed by atoms with Gasteiger partial charge < -0.3 is 10.1 Å². The molecule has 0 radical (unpaired) electrons. The largest absolute Gasteiger partial charge is 0.459 e. The summed E-state index contributed by atoms with van der Waals surface area (Å²) in [6, 6.07) is 5.79. The summed E-state index contributed by atoms with van der Waals surface area (Å²) in [4.78, 5) is 21.3. The Hall–Kier alpha value is -3.99. The average molecular weight is 461 g/mol. The monoisotopic (exact) mass is 460 g/mol. The topological polar surface area (TPSA) is 106 Å². The summed E-state index contributed by atoms with van der Waals surface area (Å²) in [6.07, 6.45) is 15.2. The molecule has 0 atom stereocenters. The zero-order valence-corrected chi connectivity index (χ0v) is 20.4. The molecule has 0 fully saturated rings. The summed E-state index contributed by atoms with van der Waals surface area (Å²) in [5.74, 6) is -0.265. The smallest absolute Gasteiger partial charge is 0.317 e. The molecule has 0 unspecified atom stereocenters. The molecule has 2 aromatic rings. The van der Waals surface area contributed by atoms with Crippen molar-refractivity contribution in [3.63, 3.8) is 0 Å². The zero-order chi connectivity index (χ0) is 25.0. The van der Waals surface area contributed by atoms with Crippen molar-refractivity contribution in [1.82, 2.24) is 25.1 Å². The van der Waals surface area contributed by atoms with E-state index in [9.17, 15) is 4.79 Å². The molecule has 178 valence electrons. The van der Waals surface area contributed by atoms with E-state index in [4.69, 9.17) is 10.00 Å². The van der Waals surface area contributed by atoms with Crippen molar-refractivity contribution in [3.8, 4) is 23.5 Å². The molecule has 2 rings (SSSR count). The molecule has 0 aliphatic rings. The van der Waals surface area contributed by atoms with Crippen LogP contribution in [0.4, 0.5) is 0 Å². The van der Waals surface area contributed by atoms with E-state index in [0.29, 0.717) is 29.2 Å². The van der Waals surface area contributed by atoms with Gasteiger partial charge >= 0.3 is 6.01 Å². The Bertz CT molecular complexity index is 1130. The van der Waals surface area contributed by atoms with Crippen LogP contribution in [0.25, 0.3) is 11.4 Å². The first-order valence-corrected chi connectivity index (χ1v) is 11.2. The maximum atomic E-state index is 12.6. The molecular formula is C26H32N6O2. The van der Waals surface area contributed by atoms with Gasteiger partial charge in [-0.2, -0.15) is 15.3 Å². The molecule has 0 bridgehead atoms. The lowest BCUT2D eigenvalue weighted by atomic mass is 10.1. The number of amides is 1. The fourth-order valence-electron chi connectivity index (χ4n) is 2.91. The van der Waals surface area contributed by atoms with Gasteiger partial charge in [-0.3, -0.25) is 9.48 Å². The number of nitriles is 1. The van der Waals surface area contributed by atoms with Gasteiger partial charge in [-0.25, -0.2) is 4.98 Å². The van der Waals surface area contributed by atoms with Gasteiger partial charge in [0.15, 0.2) is 5.69 Å². The standard InChI is InChI=1S/C26H32N6O2/c1-6-8-9-10-15-28-24(33)22-18-23(32(31-22)26(3,4)5)21-14-16-29-25(30-21)34-17-11-13-20(19-27)12-7-2/h6,8-14,16,18H,7,15,17H2,1-5H3,(H,28,33)/b8-6-,10-9+,13-11-,20-12+. The number of carbonyl (C=O) groups is 1. The minimum atomic E-state index is -0.381. The van der Waals surface area contributed by atoms with E-state index in [1.54, 1.807) is 35.2 Å². The predicted octanol–water partition coefficient (Wildman–Crippen LogP) is 4.75. The highest BCUT2D eigenvalue weighted by Gasteiger charge is 2.24. The Balaban J connectivity index is 2.22. The number of hydrogen-bond donors (Lipinski definition) is 1. The van der Waals surface area contributed by atoms with Crippen molar-refractivity contribution in [1.29, 1.82) is 5.26 Å². The van der Waals surface area contributed by atoms with Crippen LogP contribution in [-0.2, 0) is 5.54 Å². The van der Waals surface area contributed by atoms with Crippen LogP contribution in [0.1, 0.15) is 51.5 Å². The van der Waals surface area contributed by atoms with Crippen LogP contribution in [-0.4, -0.2) is 38.8 Å². The molecular weight excluding hydrogens is 428 g/mol. The van der Waals surface area contributed by atoms with E-state index in [0.717, 1.165) is 6.42 Å². The van der Waals surface area contributed by atoms with Gasteiger partial charge in [-0.05, 0) is 58.4 Å². The quantitative estimate of drug-likeness (QED) is 0.405. The van der Waals surface area contributed by atoms with Crippen molar-refractivity contribution < 1.29 is 9.53 Å². The van der Waals surface area contributed by atoms with Crippen LogP contribution in [0, 0.1) is 11.3 Å². The maximum absolute atomic E-state index is 12.6. The van der Waals surface area contributed by atoms with Gasteiger partial charge in [0.25, 0.3) is 5.91 Å². The second-order valence-corrected chi connectivity index (χ2v) is 8.28. The van der Waals surface area contributed by atoms with E-state index in [1.165, 1.54) is 0 Å². The fraction of sp³-hybridized carbons (Fsp3) is 0.346. The summed E-state index contributed by atoms with van der Waals surface area (Å²) in [5.41, 5.74) is 1.78. The normalized spacial score (nSPS) is 12.5. The summed E-state index contributed by atoms with van der Waals surface area (Å²) in [6.45, 7) is 10.5. The molecule has 2 heterocycles. The van der Waals surface area contributed by atoms with Crippen molar-refractivity contribution >= 4 is 5.91 Å². The first-order valence-electron chi connectivity index (χ1n) is 11.2. The first kappa shape index (κ1) is 26.3. The zero-order valence-electron chi connectivity index (χ0n) is 20.4. The van der Waals surface area contributed by atoms with Gasteiger partial charge in [0.1, 0.15) is 6.61 Å². The van der Waals surface area contributed by atoms with Crippen molar-refractivity contribution in [2.45, 2.75) is 46.6 Å². The third-order valence-electron chi connectivity index (χ3n) is 4.45. The lowest BCUT2D eigenvalue weighted by molar-refractivity contribution is 0.0951. The van der Waals surface area contributed by atoms with Crippen molar-refractivity contribution in [3.05, 3.63) is 72.1 Å². The minimum absolute atomic E-state index is 0.196. The van der Waals surface area contributed by atoms with Crippen molar-refractivity contribution in [2.75, 3.05) is 13.2 Å². The molecule has 2 aromatic heterocycles. The van der Waals surface area contributed by atoms with Gasteiger partial charge in [0.05, 0.1) is 23.0 Å². The van der Waals surface area contributed by atoms with Crippen LogP contribution in [0.5, 0.6) is 6.01 Å². The van der Waals surface area contributed by atoms with E-state index < -0.39 is 0 Å². The maximum Gasteiger partial charge on any atom is 0.317 e. The molecule has 0 spiro atoms. The first-order chi connectivity index (χ1) is 16.3. The number of nitrogens with zero attached hydrogens (tertiary/aromatic N) is 5. The van der Waals surface area contributed by atoms with Crippen LogP contribution >= 0.6 is 0 Å². The van der Waals surface area contributed by atoms with Gasteiger partial charge in [-0.1, -0.05) is 37.3 Å². The second kappa shape index (κ2) is 12.9. The highest BCUT2D eigenvalue weighted by molar-refractivity contribution is 5.93. The molecule has 0 aliphatic heterocycles. The van der Waals surface area contributed by atoms with Gasteiger partial charge in [-0.15, -0.1) is 0 Å². The number of carbonyl (C=O) groups excluding carboxylic acids is 1. The Morgan fingerprint density at radius 1 is 1.29 bits per heavy atom. The van der Waals surface area contributed by atoms with Crippen LogP contribution in [0.15, 0.2) is 66.4 Å². The fourth-order valence-corrected chi connectivity index (χ4v) is 2.91. The Morgan fingerprint density at radius 3 is 2.76 bits per heavy atom. The SMILES string of the molecule is C/C=C\C=C\CNC(=O)c1cc(-c2ccnc(OC/C=C\C(C#N)=C/CC)n2)n(C(C)(C)C)n1. The van der Waals surface area contributed by atoms with E-state index in [2.05, 4.69) is 26.5 Å². The van der Waals surface area contributed by atoms with E-state index in [-0.39, 0.29) is 24.1 Å². The third kappa shape index (κ3) is 7.85. The number of ether oxygens (including phenoxy) is 1. The Kier molecular flexibility index (Phi) is 9.96. The summed E-state index contributed by atoms with van der Waals surface area (Å²) >= 11 is 0. The molecule has 0 saturated heterocycles. The molecule has 34 heavy (non-hydrogen) atoms. The average Bonchev–Trinajstić information content (AvgIpc) is 3.27. The van der Waals surface area contributed by atoms with Crippen molar-refractivity contribution in [2.24, 2.45) is 0 Å². The van der Waals surface area contributed by atoms with E-state index >= 15 is 0 Å². The summed E-state index contributed by atoms with van der Waals surface area (Å²) in [5, 5.41) is 16.5. The molecule has 1 amide bonds. The van der Waals surface area contributed by atoms with Gasteiger partial charge in [0, 0.05) is 18.3 Å². The number of nitrogens with one attached hydrogen (secondary N) is 1. The minimum Gasteiger partial charge on any atom is -0.459 e. The molecule has 0 saturated carbocycles. The number of aromatic nitrogens is 4. The Morgan fingerprint density at radius 2 is 2.09 bits per heavy atom. The molecule has 0 aliphatic carbocycles. The summed E-state index contributed by atoms with van der Waals surface area (Å²) in [7, 11) is 0. The van der Waals surface area contributed by atoms with E-state index in [1.807, 2.05) is 65.0 Å². The highest BCUT2D eigenvalue weighted by atomic mass is 16.5. The summed E-state index contributed by atoms with van der Waals surface area (Å²) < 4.78 is 7.41. The molecule has 8 nitrogen and oxygen atoms in total. The predicted molar refractivity (Wildman–Crippen MR) is 133 cm³/mol. The lowest BCUT2D eigenvalue weighted by Crippen LogP contribution is -2.27. The highest BCUT2D eigenvalue weighted by Crippen LogP contribution is 2.26. The molecule has 1 N–H and O–H groups in total. The molecule has 8 heteroatoms. The van der Waals surface area contributed by atoms with Crippen LogP contribution in [0.2, 0.25) is 0 Å². The van der Waals surface area contributed by atoms with Gasteiger partial charge in [0.2, 0.25) is 0 Å². The van der Waals surface area contributed by atoms with Crippen LogP contribution in [0.3, 0.4) is 0 Å². The number of rotatable bonds is 10.